The van der Waals surface area contributed by atoms with Crippen LogP contribution in [-0.2, 0) is 11.2 Å². The van der Waals surface area contributed by atoms with E-state index in [1.54, 1.807) is 6.92 Å². The minimum absolute atomic E-state index is 0.196. The number of hydrogen-bond donors (Lipinski definition) is 1. The van der Waals surface area contributed by atoms with Gasteiger partial charge in [-0.1, -0.05) is 22.9 Å². The van der Waals surface area contributed by atoms with Gasteiger partial charge >= 0.3 is 0 Å². The van der Waals surface area contributed by atoms with Crippen molar-refractivity contribution in [3.63, 3.8) is 0 Å². The fraction of sp³-hybridized carbons (Fsp3) is 0.222. The normalized spacial score (nSPS) is 9.83. The van der Waals surface area contributed by atoms with Crippen LogP contribution in [0.4, 0.5) is 0 Å². The first-order valence-corrected chi connectivity index (χ1v) is 5.49. The molecule has 0 aliphatic carbocycles. The third-order valence-electron chi connectivity index (χ3n) is 1.48. The first-order chi connectivity index (χ1) is 5.72. The Kier molecular flexibility index (Phi) is 3.69. The molecule has 0 fully saturated rings. The molecule has 1 aromatic carbocycles. The molecule has 0 saturated heterocycles. The summed E-state index contributed by atoms with van der Waals surface area (Å²) in [4.78, 5) is 11.8. The Morgan fingerprint density at radius 3 is 2.42 bits per heavy atom. The van der Waals surface area contributed by atoms with Crippen LogP contribution in [0.25, 0.3) is 0 Å². The molecule has 1 nitrogen and oxygen atoms in total. The highest BCUT2D eigenvalue weighted by atomic mass is 33.1. The number of carbonyl (C=O) groups excluding carboxylic acids is 1. The summed E-state index contributed by atoms with van der Waals surface area (Å²) in [6.45, 7) is 1.60. The van der Waals surface area contributed by atoms with Crippen molar-refractivity contribution >= 4 is 28.2 Å². The van der Waals surface area contributed by atoms with Gasteiger partial charge in [-0.25, -0.2) is 0 Å². The van der Waals surface area contributed by atoms with Gasteiger partial charge in [0.05, 0.1) is 0 Å². The quantitative estimate of drug-likeness (QED) is 0.594. The molecule has 0 amide bonds. The third kappa shape index (κ3) is 2.91. The second kappa shape index (κ2) is 4.58. The van der Waals surface area contributed by atoms with Gasteiger partial charge < -0.3 is 0 Å². The molecule has 64 valence electrons. The van der Waals surface area contributed by atoms with E-state index in [1.165, 1.54) is 10.8 Å². The van der Waals surface area contributed by atoms with E-state index in [9.17, 15) is 4.79 Å². The van der Waals surface area contributed by atoms with Crippen LogP contribution >= 0.6 is 22.5 Å². The monoisotopic (exact) mass is 198 g/mol. The molecule has 3 heteroatoms. The van der Waals surface area contributed by atoms with Crippen LogP contribution in [0.1, 0.15) is 12.5 Å². The van der Waals surface area contributed by atoms with Gasteiger partial charge in [0.15, 0.2) is 0 Å². The van der Waals surface area contributed by atoms with Gasteiger partial charge in [0, 0.05) is 11.3 Å². The zero-order valence-corrected chi connectivity index (χ0v) is 8.49. The molecule has 1 rings (SSSR count). The van der Waals surface area contributed by atoms with Gasteiger partial charge in [-0.3, -0.25) is 4.79 Å². The van der Waals surface area contributed by atoms with Crippen molar-refractivity contribution < 1.29 is 4.79 Å². The molecule has 0 N–H and O–H groups in total. The standard InChI is InChI=1S/C9H10OS2/c1-7(10)6-8-2-4-9(12-11)5-3-8/h2-5,11H,6H2,1H3. The summed E-state index contributed by atoms with van der Waals surface area (Å²) >= 11 is 4.06. The summed E-state index contributed by atoms with van der Waals surface area (Å²) < 4.78 is 0. The van der Waals surface area contributed by atoms with Crippen molar-refractivity contribution in [3.8, 4) is 0 Å². The molecule has 0 saturated carbocycles. The molecule has 1 aromatic rings. The summed E-state index contributed by atoms with van der Waals surface area (Å²) in [6, 6.07) is 7.85. The van der Waals surface area contributed by atoms with Crippen LogP contribution < -0.4 is 0 Å². The lowest BCUT2D eigenvalue weighted by Crippen LogP contribution is -1.95. The van der Waals surface area contributed by atoms with E-state index in [-0.39, 0.29) is 5.78 Å². The summed E-state index contributed by atoms with van der Waals surface area (Å²) in [7, 11) is 1.41. The lowest BCUT2D eigenvalue weighted by atomic mass is 10.1. The lowest BCUT2D eigenvalue weighted by Gasteiger charge is -1.98. The van der Waals surface area contributed by atoms with Crippen LogP contribution in [0.2, 0.25) is 0 Å². The average Bonchev–Trinajstić information content (AvgIpc) is 2.05. The van der Waals surface area contributed by atoms with Gasteiger partial charge in [0.1, 0.15) is 5.78 Å². The Hall–Kier alpha value is -0.410. The van der Waals surface area contributed by atoms with E-state index in [0.717, 1.165) is 10.5 Å². The summed E-state index contributed by atoms with van der Waals surface area (Å²) in [5.74, 6) is 0.196. The number of ketones is 1. The molecule has 0 heterocycles. The molecule has 0 spiro atoms. The number of hydrogen-bond acceptors (Lipinski definition) is 3. The maximum absolute atomic E-state index is 10.7. The Labute approximate surface area is 81.4 Å². The van der Waals surface area contributed by atoms with E-state index in [4.69, 9.17) is 0 Å². The fourth-order valence-electron chi connectivity index (χ4n) is 0.956. The maximum atomic E-state index is 10.7. The number of carbonyl (C=O) groups is 1. The highest BCUT2D eigenvalue weighted by Gasteiger charge is 1.96. The van der Waals surface area contributed by atoms with Gasteiger partial charge in [-0.15, -0.1) is 11.7 Å². The Morgan fingerprint density at radius 2 is 2.00 bits per heavy atom. The molecule has 0 aliphatic rings. The number of thiol groups is 1. The highest BCUT2D eigenvalue weighted by Crippen LogP contribution is 2.21. The third-order valence-corrected chi connectivity index (χ3v) is 2.60. The van der Waals surface area contributed by atoms with Gasteiger partial charge in [-0.2, -0.15) is 0 Å². The lowest BCUT2D eigenvalue weighted by molar-refractivity contribution is -0.116. The molecule has 0 aromatic heterocycles. The number of rotatable bonds is 3. The molecule has 0 atom stereocenters. The van der Waals surface area contributed by atoms with E-state index in [1.807, 2.05) is 24.3 Å². The molecule has 0 radical (unpaired) electrons. The van der Waals surface area contributed by atoms with Crippen LogP contribution in [0.15, 0.2) is 29.2 Å². The summed E-state index contributed by atoms with van der Waals surface area (Å²) in [6.07, 6.45) is 0.525. The molecule has 12 heavy (non-hydrogen) atoms. The molecule has 0 aliphatic heterocycles. The second-order valence-electron chi connectivity index (χ2n) is 2.61. The van der Waals surface area contributed by atoms with Crippen LogP contribution in [0, 0.1) is 0 Å². The van der Waals surface area contributed by atoms with Crippen LogP contribution in [-0.4, -0.2) is 5.78 Å². The predicted octanol–water partition coefficient (Wildman–Crippen LogP) is 2.76. The Morgan fingerprint density at radius 1 is 1.42 bits per heavy atom. The molecule has 0 bridgehead atoms. The summed E-state index contributed by atoms with van der Waals surface area (Å²) in [5, 5.41) is 0. The predicted molar refractivity (Wildman–Crippen MR) is 55.7 cm³/mol. The fourth-order valence-corrected chi connectivity index (χ4v) is 1.58. The van der Waals surface area contributed by atoms with Crippen molar-refractivity contribution in [2.75, 3.05) is 0 Å². The maximum Gasteiger partial charge on any atom is 0.134 e. The van der Waals surface area contributed by atoms with E-state index in [0.29, 0.717) is 6.42 Å². The largest absolute Gasteiger partial charge is 0.300 e. The zero-order chi connectivity index (χ0) is 8.97. The van der Waals surface area contributed by atoms with E-state index in [2.05, 4.69) is 11.7 Å². The minimum atomic E-state index is 0.196. The van der Waals surface area contributed by atoms with Crippen molar-refractivity contribution in [1.82, 2.24) is 0 Å². The first-order valence-electron chi connectivity index (χ1n) is 3.62. The van der Waals surface area contributed by atoms with Crippen molar-refractivity contribution in [2.45, 2.75) is 18.2 Å². The summed E-state index contributed by atoms with van der Waals surface area (Å²) in [5.41, 5.74) is 1.06. The van der Waals surface area contributed by atoms with Crippen molar-refractivity contribution in [3.05, 3.63) is 29.8 Å². The zero-order valence-electron chi connectivity index (χ0n) is 6.78. The Bertz CT molecular complexity index is 266. The van der Waals surface area contributed by atoms with Crippen LogP contribution in [0.5, 0.6) is 0 Å². The van der Waals surface area contributed by atoms with Crippen molar-refractivity contribution in [2.24, 2.45) is 0 Å². The molecule has 0 unspecified atom stereocenters. The molecular weight excluding hydrogens is 188 g/mol. The van der Waals surface area contributed by atoms with E-state index >= 15 is 0 Å². The Balaban J connectivity index is 2.71. The second-order valence-corrected chi connectivity index (χ2v) is 3.82. The van der Waals surface area contributed by atoms with E-state index < -0.39 is 0 Å². The number of benzene rings is 1. The van der Waals surface area contributed by atoms with Gasteiger partial charge in [0.25, 0.3) is 0 Å². The number of Topliss-reactive ketones (excluding diaryl/α,β-unsaturated/α-hetero) is 1. The topological polar surface area (TPSA) is 17.1 Å². The SMILES string of the molecule is CC(=O)Cc1ccc(SS)cc1. The van der Waals surface area contributed by atoms with Gasteiger partial charge in [-0.05, 0) is 24.6 Å². The van der Waals surface area contributed by atoms with Crippen molar-refractivity contribution in [1.29, 1.82) is 0 Å². The highest BCUT2D eigenvalue weighted by molar-refractivity contribution is 8.68. The van der Waals surface area contributed by atoms with Crippen LogP contribution in [0.3, 0.4) is 0 Å². The van der Waals surface area contributed by atoms with Gasteiger partial charge in [0.2, 0.25) is 0 Å². The molecular formula is C9H10OS2. The smallest absolute Gasteiger partial charge is 0.134 e. The first kappa shape index (κ1) is 9.68. The average molecular weight is 198 g/mol. The minimum Gasteiger partial charge on any atom is -0.300 e.